The second-order valence-electron chi connectivity index (χ2n) is 12.6. The van der Waals surface area contributed by atoms with Gasteiger partial charge in [0.15, 0.2) is 14.3 Å². The van der Waals surface area contributed by atoms with E-state index >= 15 is 0 Å². The first-order chi connectivity index (χ1) is 25.5. The molecule has 0 radical (unpaired) electrons. The summed E-state index contributed by atoms with van der Waals surface area (Å²) in [7, 11) is -5.58. The summed E-state index contributed by atoms with van der Waals surface area (Å²) in [4.78, 5) is 2.23. The van der Waals surface area contributed by atoms with Gasteiger partial charge in [-0.1, -0.05) is 158 Å². The minimum atomic E-state index is -2.95. The summed E-state index contributed by atoms with van der Waals surface area (Å²) in [6.45, 7) is 0. The fourth-order valence-electron chi connectivity index (χ4n) is 6.96. The Balaban J connectivity index is 0.000000190. The highest BCUT2D eigenvalue weighted by atomic mass is 79.9. The predicted octanol–water partition coefficient (Wildman–Crippen LogP) is 11.7. The first-order valence-electron chi connectivity index (χ1n) is 17.1. The van der Waals surface area contributed by atoms with E-state index in [1.54, 1.807) is 0 Å². The lowest BCUT2D eigenvalue weighted by Crippen LogP contribution is -2.15. The molecule has 2 unspecified atom stereocenters. The Bertz CT molecular complexity index is 2480. The number of anilines is 3. The van der Waals surface area contributed by atoms with Crippen LogP contribution in [0.4, 0.5) is 17.1 Å². The van der Waals surface area contributed by atoms with Crippen LogP contribution in [0.1, 0.15) is 16.7 Å². The molecule has 7 aromatic rings. The molecule has 3 nitrogen and oxygen atoms in total. The van der Waals surface area contributed by atoms with Crippen molar-refractivity contribution in [3.05, 3.63) is 215 Å². The van der Waals surface area contributed by atoms with Crippen molar-refractivity contribution in [1.82, 2.24) is 0 Å². The highest BCUT2D eigenvalue weighted by molar-refractivity contribution is 9.13. The number of fused-ring (bicyclic) bond motifs is 2. The maximum atomic E-state index is 14.8. The highest BCUT2D eigenvalue weighted by Crippen LogP contribution is 2.62. The largest absolute Gasteiger partial charge is 0.311 e. The Hall–Kier alpha value is -5.24. The minimum Gasteiger partial charge on any atom is -0.311 e. The van der Waals surface area contributed by atoms with Crippen LogP contribution in [-0.4, -0.2) is 0 Å². The molecule has 7 aromatic carbocycles. The molecule has 2 atom stereocenters. The van der Waals surface area contributed by atoms with Crippen molar-refractivity contribution in [3.63, 3.8) is 0 Å². The molecule has 0 fully saturated rings. The Labute approximate surface area is 313 Å². The van der Waals surface area contributed by atoms with Crippen molar-refractivity contribution in [2.45, 2.75) is 0 Å². The molecule has 9 rings (SSSR count). The third-order valence-electron chi connectivity index (χ3n) is 9.45. The predicted molar refractivity (Wildman–Crippen MR) is 225 cm³/mol. The van der Waals surface area contributed by atoms with Crippen LogP contribution in [0.15, 0.2) is 198 Å². The normalized spacial score (nSPS) is 18.2. The molecule has 2 aliphatic heterocycles. The van der Waals surface area contributed by atoms with E-state index in [0.29, 0.717) is 0 Å². The van der Waals surface area contributed by atoms with Gasteiger partial charge in [0.2, 0.25) is 0 Å². The van der Waals surface area contributed by atoms with Crippen molar-refractivity contribution in [3.8, 4) is 0 Å². The molecule has 0 aliphatic carbocycles. The number of halogens is 1. The van der Waals surface area contributed by atoms with Crippen LogP contribution in [0.25, 0.3) is 17.5 Å². The average Bonchev–Trinajstić information content (AvgIpc) is 3.67. The molecular formula is C46H34BrNO2P2. The van der Waals surface area contributed by atoms with E-state index in [4.69, 9.17) is 0 Å². The van der Waals surface area contributed by atoms with Gasteiger partial charge in [-0.05, 0) is 81.2 Å². The van der Waals surface area contributed by atoms with Crippen LogP contribution < -0.4 is 26.1 Å². The van der Waals surface area contributed by atoms with Crippen molar-refractivity contribution in [1.29, 1.82) is 0 Å². The van der Waals surface area contributed by atoms with E-state index in [1.165, 1.54) is 0 Å². The molecule has 2 aliphatic rings. The number of hydrogen-bond donors (Lipinski definition) is 0. The van der Waals surface area contributed by atoms with Crippen LogP contribution in [0.2, 0.25) is 0 Å². The number of benzene rings is 7. The zero-order valence-electron chi connectivity index (χ0n) is 28.2. The van der Waals surface area contributed by atoms with Crippen molar-refractivity contribution in [2.75, 3.05) is 4.90 Å². The van der Waals surface area contributed by atoms with E-state index in [0.717, 1.165) is 64.5 Å². The molecule has 0 aromatic heterocycles. The summed E-state index contributed by atoms with van der Waals surface area (Å²) in [6, 6.07) is 64.6. The van der Waals surface area contributed by atoms with Crippen molar-refractivity contribution < 1.29 is 9.13 Å². The Kier molecular flexibility index (Phi) is 9.39. The molecule has 0 bridgehead atoms. The van der Waals surface area contributed by atoms with Gasteiger partial charge in [0.25, 0.3) is 0 Å². The lowest BCUT2D eigenvalue weighted by atomic mass is 10.1. The first-order valence-corrected chi connectivity index (χ1v) is 21.3. The number of hydrogen-bond acceptors (Lipinski definition) is 3. The molecular weight excluding hydrogens is 740 g/mol. The van der Waals surface area contributed by atoms with Crippen LogP contribution in [0.5, 0.6) is 0 Å². The van der Waals surface area contributed by atoms with Crippen LogP contribution in [0.3, 0.4) is 0 Å². The smallest absolute Gasteiger partial charge is 0.178 e. The molecule has 0 N–H and O–H groups in total. The van der Waals surface area contributed by atoms with E-state index < -0.39 is 14.3 Å². The fraction of sp³-hybridized carbons (Fsp3) is 0. The topological polar surface area (TPSA) is 37.4 Å². The molecule has 52 heavy (non-hydrogen) atoms. The van der Waals surface area contributed by atoms with Gasteiger partial charge in [-0.15, -0.1) is 0 Å². The molecule has 0 amide bonds. The average molecular weight is 775 g/mol. The summed E-state index contributed by atoms with van der Waals surface area (Å²) in [5.41, 5.74) is 6.30. The summed E-state index contributed by atoms with van der Waals surface area (Å²) in [6.07, 6.45) is 4.06. The van der Waals surface area contributed by atoms with Gasteiger partial charge in [-0.3, -0.25) is 0 Å². The molecule has 252 valence electrons. The third kappa shape index (κ3) is 6.08. The zero-order chi connectivity index (χ0) is 35.5. The zero-order valence-corrected chi connectivity index (χ0v) is 31.5. The van der Waals surface area contributed by atoms with Gasteiger partial charge >= 0.3 is 0 Å². The fourth-order valence-corrected chi connectivity index (χ4v) is 13.9. The number of nitrogens with zero attached hydrogens (tertiary/aromatic N) is 1. The Morgan fingerprint density at radius 1 is 0.385 bits per heavy atom. The second kappa shape index (κ2) is 14.4. The molecule has 0 saturated carbocycles. The third-order valence-corrected chi connectivity index (χ3v) is 17.2. The van der Waals surface area contributed by atoms with Crippen LogP contribution in [-0.2, 0) is 9.13 Å². The van der Waals surface area contributed by atoms with Crippen molar-refractivity contribution in [2.24, 2.45) is 0 Å². The second-order valence-corrected chi connectivity index (χ2v) is 19.4. The van der Waals surface area contributed by atoms with Crippen LogP contribution >= 0.6 is 30.2 Å². The maximum absolute atomic E-state index is 14.8. The standard InChI is InChI=1S/C32H24NOP.C14H10BrOP/c34-35(30-17-8-3-9-18-30)31-19-11-10-12-26(31)24-32(35)25-20-22-29(23-21-25)33(27-13-4-1-5-14-27)28-15-6-2-7-16-28;15-14-10-11-6-4-5-9-13(11)17(14,16)12-7-2-1-3-8-12/h1-24H;1-10H. The number of rotatable bonds is 6. The highest BCUT2D eigenvalue weighted by Gasteiger charge is 2.39. The Morgan fingerprint density at radius 3 is 1.29 bits per heavy atom. The van der Waals surface area contributed by atoms with Crippen LogP contribution in [0, 0.1) is 0 Å². The lowest BCUT2D eigenvalue weighted by molar-refractivity contribution is 0.591. The molecule has 2 heterocycles. The molecule has 0 spiro atoms. The van der Waals surface area contributed by atoms with E-state index in [9.17, 15) is 9.13 Å². The van der Waals surface area contributed by atoms with Gasteiger partial charge < -0.3 is 14.0 Å². The molecule has 0 saturated heterocycles. The van der Waals surface area contributed by atoms with Gasteiger partial charge in [0.1, 0.15) is 0 Å². The van der Waals surface area contributed by atoms with Gasteiger partial charge in [-0.2, -0.15) is 0 Å². The SMILES string of the molecule is O=P1(c2ccccc2)C(Br)=Cc2ccccc21.O=P1(c2ccccc2)C(c2ccc(N(c3ccccc3)c3ccccc3)cc2)=Cc2ccccc21. The summed E-state index contributed by atoms with van der Waals surface area (Å²) < 4.78 is 28.8. The van der Waals surface area contributed by atoms with E-state index in [-0.39, 0.29) is 0 Å². The van der Waals surface area contributed by atoms with E-state index in [2.05, 4.69) is 106 Å². The minimum absolute atomic E-state index is 0.789. The number of para-hydroxylation sites is 2. The van der Waals surface area contributed by atoms with Crippen molar-refractivity contribution >= 4 is 86.0 Å². The first kappa shape index (κ1) is 33.9. The summed E-state index contributed by atoms with van der Waals surface area (Å²) in [5.74, 6) is 0. The summed E-state index contributed by atoms with van der Waals surface area (Å²) in [5, 5.41) is 4.49. The van der Waals surface area contributed by atoms with Gasteiger partial charge in [-0.25, -0.2) is 0 Å². The van der Waals surface area contributed by atoms with Gasteiger partial charge in [0, 0.05) is 43.6 Å². The Morgan fingerprint density at radius 2 is 0.769 bits per heavy atom. The summed E-state index contributed by atoms with van der Waals surface area (Å²) >= 11 is 3.48. The van der Waals surface area contributed by atoms with Gasteiger partial charge in [0.05, 0.1) is 4.22 Å². The monoisotopic (exact) mass is 773 g/mol. The quantitative estimate of drug-likeness (QED) is 0.158. The lowest BCUT2D eigenvalue weighted by Gasteiger charge is -2.26. The molecule has 6 heteroatoms. The van der Waals surface area contributed by atoms with E-state index in [1.807, 2.05) is 121 Å². The maximum Gasteiger partial charge on any atom is 0.178 e.